The van der Waals surface area contributed by atoms with Crippen molar-refractivity contribution in [2.45, 2.75) is 52.5 Å². The fourth-order valence-electron chi connectivity index (χ4n) is 3.33. The van der Waals surface area contributed by atoms with Crippen LogP contribution in [-0.2, 0) is 28.1 Å². The molecule has 1 fully saturated rings. The molecule has 0 bridgehead atoms. The molecule has 1 saturated heterocycles. The monoisotopic (exact) mass is 341 g/mol. The Balaban J connectivity index is 2.04. The number of aromatic nitrogens is 2. The van der Waals surface area contributed by atoms with Gasteiger partial charge in [0.2, 0.25) is 5.91 Å². The largest absolute Gasteiger partial charge is 0.339 e. The summed E-state index contributed by atoms with van der Waals surface area (Å²) in [6, 6.07) is -0.149. The molecule has 6 nitrogen and oxygen atoms in total. The summed E-state index contributed by atoms with van der Waals surface area (Å²) >= 11 is 0. The maximum absolute atomic E-state index is 12.6. The standard InChI is InChI=1S/C16H27N3O3S/c1-5-9-19(14-8-10-23(21,22)11-14)16(20)7-6-15-12(2)17-18(4)13(15)3/h14H,5-11H2,1-4H3. The zero-order valence-corrected chi connectivity index (χ0v) is 15.3. The number of nitrogens with zero attached hydrogens (tertiary/aromatic N) is 3. The zero-order chi connectivity index (χ0) is 17.2. The van der Waals surface area contributed by atoms with Crippen molar-refractivity contribution in [3.05, 3.63) is 17.0 Å². The summed E-state index contributed by atoms with van der Waals surface area (Å²) in [6.45, 7) is 6.61. The number of sulfone groups is 1. The van der Waals surface area contributed by atoms with Crippen LogP contribution in [0.5, 0.6) is 0 Å². The minimum atomic E-state index is -2.98. The molecule has 7 heteroatoms. The summed E-state index contributed by atoms with van der Waals surface area (Å²) in [5.74, 6) is 0.368. The molecule has 1 amide bonds. The smallest absolute Gasteiger partial charge is 0.223 e. The Morgan fingerprint density at radius 3 is 2.57 bits per heavy atom. The van der Waals surface area contributed by atoms with E-state index in [4.69, 9.17) is 0 Å². The van der Waals surface area contributed by atoms with Gasteiger partial charge in [-0.2, -0.15) is 5.10 Å². The van der Waals surface area contributed by atoms with E-state index in [1.54, 1.807) is 4.90 Å². The molecule has 0 N–H and O–H groups in total. The molecule has 1 aromatic rings. The van der Waals surface area contributed by atoms with Gasteiger partial charge < -0.3 is 4.90 Å². The average molecular weight is 341 g/mol. The molecular weight excluding hydrogens is 314 g/mol. The first-order chi connectivity index (χ1) is 10.7. The van der Waals surface area contributed by atoms with E-state index in [-0.39, 0.29) is 23.5 Å². The van der Waals surface area contributed by atoms with Gasteiger partial charge in [0.1, 0.15) is 0 Å². The first kappa shape index (κ1) is 18.0. The molecule has 1 aliphatic heterocycles. The van der Waals surface area contributed by atoms with Crippen LogP contribution in [0.1, 0.15) is 43.1 Å². The Hall–Kier alpha value is -1.37. The predicted octanol–water partition coefficient (Wildman–Crippen LogP) is 1.40. The molecule has 1 aromatic heterocycles. The van der Waals surface area contributed by atoms with Gasteiger partial charge >= 0.3 is 0 Å². The molecule has 130 valence electrons. The van der Waals surface area contributed by atoms with E-state index in [1.165, 1.54) is 0 Å². The van der Waals surface area contributed by atoms with Crippen molar-refractivity contribution in [1.29, 1.82) is 0 Å². The van der Waals surface area contributed by atoms with Gasteiger partial charge in [-0.15, -0.1) is 0 Å². The summed E-state index contributed by atoms with van der Waals surface area (Å²) in [5, 5.41) is 4.38. The highest BCUT2D eigenvalue weighted by molar-refractivity contribution is 7.91. The van der Waals surface area contributed by atoms with Gasteiger partial charge in [0.15, 0.2) is 9.84 Å². The summed E-state index contributed by atoms with van der Waals surface area (Å²) in [4.78, 5) is 14.4. The Morgan fingerprint density at radius 2 is 2.09 bits per heavy atom. The first-order valence-corrected chi connectivity index (χ1v) is 10.1. The van der Waals surface area contributed by atoms with E-state index in [2.05, 4.69) is 5.10 Å². The van der Waals surface area contributed by atoms with E-state index in [0.29, 0.717) is 25.8 Å². The van der Waals surface area contributed by atoms with Gasteiger partial charge in [0.05, 0.1) is 17.2 Å². The second-order valence-corrected chi connectivity index (χ2v) is 8.65. The number of hydrogen-bond acceptors (Lipinski definition) is 4. The molecule has 0 spiro atoms. The molecular formula is C16H27N3O3S. The molecule has 23 heavy (non-hydrogen) atoms. The summed E-state index contributed by atoms with van der Waals surface area (Å²) in [7, 11) is -1.07. The van der Waals surface area contributed by atoms with Gasteiger partial charge in [0, 0.05) is 31.7 Å². The Bertz CT molecular complexity index is 679. The minimum absolute atomic E-state index is 0.0524. The predicted molar refractivity (Wildman–Crippen MR) is 90.1 cm³/mol. The number of aryl methyl sites for hydroxylation is 2. The van der Waals surface area contributed by atoms with E-state index < -0.39 is 9.84 Å². The van der Waals surface area contributed by atoms with Crippen LogP contribution in [0.25, 0.3) is 0 Å². The van der Waals surface area contributed by atoms with Crippen molar-refractivity contribution in [2.75, 3.05) is 18.1 Å². The van der Waals surface area contributed by atoms with Gasteiger partial charge in [-0.3, -0.25) is 9.48 Å². The third kappa shape index (κ3) is 4.13. The van der Waals surface area contributed by atoms with E-state index in [9.17, 15) is 13.2 Å². The number of hydrogen-bond donors (Lipinski definition) is 0. The highest BCUT2D eigenvalue weighted by Gasteiger charge is 2.34. The van der Waals surface area contributed by atoms with Crippen molar-refractivity contribution >= 4 is 15.7 Å². The topological polar surface area (TPSA) is 72.3 Å². The SMILES string of the molecule is CCCN(C(=O)CCc1c(C)nn(C)c1C)C1CCS(=O)(=O)C1. The lowest BCUT2D eigenvalue weighted by Crippen LogP contribution is -2.41. The van der Waals surface area contributed by atoms with E-state index in [1.807, 2.05) is 32.5 Å². The molecule has 2 rings (SSSR count). The number of amides is 1. The maximum atomic E-state index is 12.6. The second-order valence-electron chi connectivity index (χ2n) is 6.42. The lowest BCUT2D eigenvalue weighted by molar-refractivity contribution is -0.133. The van der Waals surface area contributed by atoms with Crippen molar-refractivity contribution in [2.24, 2.45) is 7.05 Å². The van der Waals surface area contributed by atoms with Gasteiger partial charge in [-0.1, -0.05) is 6.92 Å². The van der Waals surface area contributed by atoms with Crippen molar-refractivity contribution in [1.82, 2.24) is 14.7 Å². The van der Waals surface area contributed by atoms with E-state index in [0.717, 1.165) is 23.4 Å². The molecule has 2 heterocycles. The molecule has 1 atom stereocenters. The lowest BCUT2D eigenvalue weighted by Gasteiger charge is -2.28. The normalized spacial score (nSPS) is 19.9. The van der Waals surface area contributed by atoms with Crippen LogP contribution in [0.4, 0.5) is 0 Å². The van der Waals surface area contributed by atoms with Gasteiger partial charge in [-0.25, -0.2) is 8.42 Å². The average Bonchev–Trinajstić information content (AvgIpc) is 2.94. The van der Waals surface area contributed by atoms with Crippen LogP contribution in [0.15, 0.2) is 0 Å². The second kappa shape index (κ2) is 7.03. The summed E-state index contributed by atoms with van der Waals surface area (Å²) in [5.41, 5.74) is 3.17. The van der Waals surface area contributed by atoms with Gasteiger partial charge in [0.25, 0.3) is 0 Å². The maximum Gasteiger partial charge on any atom is 0.223 e. The van der Waals surface area contributed by atoms with Crippen LogP contribution in [-0.4, -0.2) is 53.1 Å². The first-order valence-electron chi connectivity index (χ1n) is 8.24. The molecule has 1 unspecified atom stereocenters. The third-order valence-corrected chi connectivity index (χ3v) is 6.43. The highest BCUT2D eigenvalue weighted by Crippen LogP contribution is 2.20. The Kier molecular flexibility index (Phi) is 5.49. The number of carbonyl (C=O) groups excluding carboxylic acids is 1. The third-order valence-electron chi connectivity index (χ3n) is 4.68. The summed E-state index contributed by atoms with van der Waals surface area (Å²) < 4.78 is 25.2. The molecule has 0 saturated carbocycles. The highest BCUT2D eigenvalue weighted by atomic mass is 32.2. The Morgan fingerprint density at radius 1 is 1.39 bits per heavy atom. The van der Waals surface area contributed by atoms with Gasteiger partial charge in [-0.05, 0) is 38.7 Å². The van der Waals surface area contributed by atoms with Crippen LogP contribution < -0.4 is 0 Å². The number of rotatable bonds is 6. The summed E-state index contributed by atoms with van der Waals surface area (Å²) in [6.07, 6.45) is 2.47. The molecule has 0 radical (unpaired) electrons. The van der Waals surface area contributed by atoms with Crippen molar-refractivity contribution in [3.63, 3.8) is 0 Å². The zero-order valence-electron chi connectivity index (χ0n) is 14.5. The molecule has 0 aliphatic carbocycles. The van der Waals surface area contributed by atoms with Crippen molar-refractivity contribution < 1.29 is 13.2 Å². The van der Waals surface area contributed by atoms with Crippen LogP contribution >= 0.6 is 0 Å². The minimum Gasteiger partial charge on any atom is -0.339 e. The van der Waals surface area contributed by atoms with Crippen LogP contribution in [0, 0.1) is 13.8 Å². The fourth-order valence-corrected chi connectivity index (χ4v) is 5.06. The lowest BCUT2D eigenvalue weighted by atomic mass is 10.1. The number of carbonyl (C=O) groups is 1. The van der Waals surface area contributed by atoms with Crippen LogP contribution in [0.2, 0.25) is 0 Å². The van der Waals surface area contributed by atoms with Crippen molar-refractivity contribution in [3.8, 4) is 0 Å². The van der Waals surface area contributed by atoms with E-state index >= 15 is 0 Å². The quantitative estimate of drug-likeness (QED) is 0.784. The fraction of sp³-hybridized carbons (Fsp3) is 0.750. The molecule has 0 aromatic carbocycles. The van der Waals surface area contributed by atoms with Crippen LogP contribution in [0.3, 0.4) is 0 Å². The Labute approximate surface area is 138 Å². The molecule has 1 aliphatic rings.